The molecule has 0 fully saturated rings. The molecular formula is C13H19N3O3. The summed E-state index contributed by atoms with van der Waals surface area (Å²) in [6.07, 6.45) is 1.55. The largest absolute Gasteiger partial charge is 0.480 e. The molecule has 0 aliphatic heterocycles. The van der Waals surface area contributed by atoms with E-state index in [4.69, 9.17) is 4.74 Å². The fourth-order valence-electron chi connectivity index (χ4n) is 1.39. The summed E-state index contributed by atoms with van der Waals surface area (Å²) < 4.78 is 5.00. The molecule has 1 aromatic heterocycles. The molecule has 0 saturated heterocycles. The van der Waals surface area contributed by atoms with Gasteiger partial charge in [0.2, 0.25) is 11.8 Å². The molecule has 2 N–H and O–H groups in total. The molecule has 0 aromatic carbocycles. The molecule has 0 aliphatic rings. The van der Waals surface area contributed by atoms with Crippen molar-refractivity contribution in [2.75, 3.05) is 20.2 Å². The van der Waals surface area contributed by atoms with Crippen molar-refractivity contribution in [3.05, 3.63) is 23.9 Å². The average Bonchev–Trinajstić information content (AvgIpc) is 2.42. The maximum absolute atomic E-state index is 11.9. The van der Waals surface area contributed by atoms with Crippen LogP contribution in [0.15, 0.2) is 18.3 Å². The van der Waals surface area contributed by atoms with Gasteiger partial charge in [-0.1, -0.05) is 13.8 Å². The minimum absolute atomic E-state index is 0.0341. The number of rotatable bonds is 6. The number of nitrogens with one attached hydrogen (secondary N) is 2. The minimum Gasteiger partial charge on any atom is -0.480 e. The van der Waals surface area contributed by atoms with Gasteiger partial charge in [0.1, 0.15) is 5.56 Å². The van der Waals surface area contributed by atoms with Crippen LogP contribution in [-0.4, -0.2) is 37.0 Å². The number of hydrogen-bond acceptors (Lipinski definition) is 4. The molecule has 1 rings (SSSR count). The first-order chi connectivity index (χ1) is 9.06. The number of amides is 2. The Bertz CT molecular complexity index is 447. The summed E-state index contributed by atoms with van der Waals surface area (Å²) in [6.45, 7) is 4.38. The standard InChI is InChI=1S/C13H19N3O3/c1-9(2)11(17)14-7-8-15-12(18)10-5-4-6-16-13(10)19-3/h4-6,9H,7-8H2,1-3H3,(H,14,17)(H,15,18). The summed E-state index contributed by atoms with van der Waals surface area (Å²) in [5.41, 5.74) is 0.375. The van der Waals surface area contributed by atoms with Gasteiger partial charge in [0.25, 0.3) is 5.91 Å². The minimum atomic E-state index is -0.274. The van der Waals surface area contributed by atoms with E-state index < -0.39 is 0 Å². The second kappa shape index (κ2) is 7.35. The average molecular weight is 265 g/mol. The zero-order chi connectivity index (χ0) is 14.3. The second-order valence-corrected chi connectivity index (χ2v) is 4.26. The second-order valence-electron chi connectivity index (χ2n) is 4.26. The highest BCUT2D eigenvalue weighted by molar-refractivity contribution is 5.96. The van der Waals surface area contributed by atoms with E-state index in [1.807, 2.05) is 13.8 Å². The van der Waals surface area contributed by atoms with Crippen molar-refractivity contribution in [2.45, 2.75) is 13.8 Å². The van der Waals surface area contributed by atoms with Crippen molar-refractivity contribution >= 4 is 11.8 Å². The van der Waals surface area contributed by atoms with E-state index in [0.29, 0.717) is 18.7 Å². The van der Waals surface area contributed by atoms with Crippen LogP contribution in [0.3, 0.4) is 0 Å². The SMILES string of the molecule is COc1ncccc1C(=O)NCCNC(=O)C(C)C. The van der Waals surface area contributed by atoms with Gasteiger partial charge in [-0.3, -0.25) is 9.59 Å². The summed E-state index contributed by atoms with van der Waals surface area (Å²) in [5.74, 6) is -0.0858. The molecule has 0 spiro atoms. The first kappa shape index (κ1) is 14.9. The summed E-state index contributed by atoms with van der Waals surface area (Å²) in [5, 5.41) is 5.41. The fraction of sp³-hybridized carbons (Fsp3) is 0.462. The number of pyridine rings is 1. The van der Waals surface area contributed by atoms with Crippen LogP contribution in [0.4, 0.5) is 0 Å². The van der Waals surface area contributed by atoms with Crippen LogP contribution < -0.4 is 15.4 Å². The Kier molecular flexibility index (Phi) is 5.78. The van der Waals surface area contributed by atoms with Crippen molar-refractivity contribution in [3.8, 4) is 5.88 Å². The highest BCUT2D eigenvalue weighted by atomic mass is 16.5. The molecule has 0 aliphatic carbocycles. The third kappa shape index (κ3) is 4.57. The van der Waals surface area contributed by atoms with E-state index in [-0.39, 0.29) is 23.6 Å². The van der Waals surface area contributed by atoms with Crippen LogP contribution in [0.5, 0.6) is 5.88 Å². The summed E-state index contributed by atoms with van der Waals surface area (Å²) in [4.78, 5) is 27.1. The van der Waals surface area contributed by atoms with Crippen LogP contribution >= 0.6 is 0 Å². The van der Waals surface area contributed by atoms with Crippen molar-refractivity contribution < 1.29 is 14.3 Å². The molecule has 1 aromatic rings. The highest BCUT2D eigenvalue weighted by Gasteiger charge is 2.12. The predicted octanol–water partition coefficient (Wildman–Crippen LogP) is 0.592. The van der Waals surface area contributed by atoms with E-state index in [2.05, 4.69) is 15.6 Å². The zero-order valence-corrected chi connectivity index (χ0v) is 11.4. The monoisotopic (exact) mass is 265 g/mol. The molecule has 19 heavy (non-hydrogen) atoms. The normalized spacial score (nSPS) is 10.1. The van der Waals surface area contributed by atoms with Crippen molar-refractivity contribution in [1.29, 1.82) is 0 Å². The van der Waals surface area contributed by atoms with E-state index in [1.165, 1.54) is 7.11 Å². The Morgan fingerprint density at radius 1 is 1.32 bits per heavy atom. The van der Waals surface area contributed by atoms with Crippen LogP contribution in [-0.2, 0) is 4.79 Å². The predicted molar refractivity (Wildman–Crippen MR) is 71.0 cm³/mol. The van der Waals surface area contributed by atoms with E-state index in [0.717, 1.165) is 0 Å². The van der Waals surface area contributed by atoms with Gasteiger partial charge in [-0.2, -0.15) is 0 Å². The zero-order valence-electron chi connectivity index (χ0n) is 11.4. The van der Waals surface area contributed by atoms with Gasteiger partial charge in [0.15, 0.2) is 0 Å². The lowest BCUT2D eigenvalue weighted by molar-refractivity contribution is -0.123. The molecule has 104 valence electrons. The van der Waals surface area contributed by atoms with Gasteiger partial charge >= 0.3 is 0 Å². The van der Waals surface area contributed by atoms with Gasteiger partial charge in [0.05, 0.1) is 7.11 Å². The number of methoxy groups -OCH3 is 1. The lowest BCUT2D eigenvalue weighted by Crippen LogP contribution is -2.36. The smallest absolute Gasteiger partial charge is 0.256 e. The third-order valence-corrected chi connectivity index (χ3v) is 2.44. The lowest BCUT2D eigenvalue weighted by atomic mass is 10.2. The van der Waals surface area contributed by atoms with Crippen LogP contribution in [0.1, 0.15) is 24.2 Å². The summed E-state index contributed by atoms with van der Waals surface area (Å²) >= 11 is 0. The highest BCUT2D eigenvalue weighted by Crippen LogP contribution is 2.12. The van der Waals surface area contributed by atoms with Crippen LogP contribution in [0.25, 0.3) is 0 Å². The molecular weight excluding hydrogens is 246 g/mol. The first-order valence-corrected chi connectivity index (χ1v) is 6.11. The number of carbonyl (C=O) groups excluding carboxylic acids is 2. The van der Waals surface area contributed by atoms with Gasteiger partial charge in [-0.15, -0.1) is 0 Å². The molecule has 0 atom stereocenters. The molecule has 0 unspecified atom stereocenters. The van der Waals surface area contributed by atoms with E-state index in [9.17, 15) is 9.59 Å². The maximum atomic E-state index is 11.9. The molecule has 0 radical (unpaired) electrons. The lowest BCUT2D eigenvalue weighted by Gasteiger charge is -2.10. The molecule has 2 amide bonds. The maximum Gasteiger partial charge on any atom is 0.256 e. The molecule has 6 nitrogen and oxygen atoms in total. The number of carbonyl (C=O) groups is 2. The molecule has 0 saturated carbocycles. The number of hydrogen-bond donors (Lipinski definition) is 2. The summed E-state index contributed by atoms with van der Waals surface area (Å²) in [6, 6.07) is 3.30. The van der Waals surface area contributed by atoms with Gasteiger partial charge in [0, 0.05) is 25.2 Å². The van der Waals surface area contributed by atoms with Gasteiger partial charge in [-0.05, 0) is 12.1 Å². The Morgan fingerprint density at radius 2 is 2.00 bits per heavy atom. The van der Waals surface area contributed by atoms with Crippen molar-refractivity contribution in [2.24, 2.45) is 5.92 Å². The van der Waals surface area contributed by atoms with E-state index >= 15 is 0 Å². The third-order valence-electron chi connectivity index (χ3n) is 2.44. The summed E-state index contributed by atoms with van der Waals surface area (Å²) in [7, 11) is 1.46. The number of aromatic nitrogens is 1. The number of nitrogens with zero attached hydrogens (tertiary/aromatic N) is 1. The Labute approximate surface area is 112 Å². The topological polar surface area (TPSA) is 80.3 Å². The van der Waals surface area contributed by atoms with Crippen molar-refractivity contribution in [3.63, 3.8) is 0 Å². The Morgan fingerprint density at radius 3 is 2.63 bits per heavy atom. The van der Waals surface area contributed by atoms with Gasteiger partial charge < -0.3 is 15.4 Å². The number of ether oxygens (including phenoxy) is 1. The van der Waals surface area contributed by atoms with Gasteiger partial charge in [-0.25, -0.2) is 4.98 Å². The Balaban J connectivity index is 2.41. The van der Waals surface area contributed by atoms with Crippen LogP contribution in [0.2, 0.25) is 0 Å². The quantitative estimate of drug-likeness (QED) is 0.738. The van der Waals surface area contributed by atoms with Crippen molar-refractivity contribution in [1.82, 2.24) is 15.6 Å². The fourth-order valence-corrected chi connectivity index (χ4v) is 1.39. The Hall–Kier alpha value is -2.11. The van der Waals surface area contributed by atoms with Crippen LogP contribution in [0, 0.1) is 5.92 Å². The molecule has 6 heteroatoms. The first-order valence-electron chi connectivity index (χ1n) is 6.11. The van der Waals surface area contributed by atoms with E-state index in [1.54, 1.807) is 18.3 Å². The molecule has 0 bridgehead atoms. The molecule has 1 heterocycles.